The molecule has 9 nitrogen and oxygen atoms in total. The van der Waals surface area contributed by atoms with Crippen molar-refractivity contribution >= 4 is 17.6 Å². The van der Waals surface area contributed by atoms with E-state index < -0.39 is 6.04 Å². The van der Waals surface area contributed by atoms with E-state index in [0.29, 0.717) is 30.2 Å². The predicted octanol–water partition coefficient (Wildman–Crippen LogP) is 5.52. The second-order valence-corrected chi connectivity index (χ2v) is 13.0. The van der Waals surface area contributed by atoms with Crippen molar-refractivity contribution in [1.82, 2.24) is 15.1 Å². The van der Waals surface area contributed by atoms with E-state index >= 15 is 0 Å². The van der Waals surface area contributed by atoms with Crippen LogP contribution >= 0.6 is 0 Å². The number of nitrogens with zero attached hydrogens (tertiary/aromatic N) is 2. The second kappa shape index (κ2) is 17.1. The van der Waals surface area contributed by atoms with E-state index in [0.717, 1.165) is 38.3 Å². The summed E-state index contributed by atoms with van der Waals surface area (Å²) in [5, 5.41) is 15.8. The highest BCUT2D eigenvalue weighted by atomic mass is 16.5. The Hall–Kier alpha value is -2.36. The maximum atomic E-state index is 14.2. The Labute approximate surface area is 253 Å². The summed E-state index contributed by atoms with van der Waals surface area (Å²) >= 11 is 0. The van der Waals surface area contributed by atoms with Gasteiger partial charge in [-0.2, -0.15) is 0 Å². The Morgan fingerprint density at radius 1 is 1.07 bits per heavy atom. The van der Waals surface area contributed by atoms with Gasteiger partial charge in [0.05, 0.1) is 30.4 Å². The minimum atomic E-state index is -0.403. The first-order valence-electron chi connectivity index (χ1n) is 16.2. The lowest BCUT2D eigenvalue weighted by atomic mass is 9.89. The van der Waals surface area contributed by atoms with E-state index in [-0.39, 0.29) is 42.7 Å². The van der Waals surface area contributed by atoms with E-state index in [1.165, 1.54) is 32.1 Å². The molecule has 1 aromatic carbocycles. The van der Waals surface area contributed by atoms with Crippen molar-refractivity contribution in [3.63, 3.8) is 0 Å². The van der Waals surface area contributed by atoms with E-state index in [2.05, 4.69) is 29.5 Å². The molecule has 3 amide bonds. The largest absolute Gasteiger partial charge is 0.490 e. The molecule has 1 aliphatic carbocycles. The quantitative estimate of drug-likeness (QED) is 0.369. The predicted molar refractivity (Wildman–Crippen MR) is 168 cm³/mol. The van der Waals surface area contributed by atoms with Gasteiger partial charge in [0, 0.05) is 43.9 Å². The highest BCUT2D eigenvalue weighted by Crippen LogP contribution is 2.29. The van der Waals surface area contributed by atoms with Crippen LogP contribution in [0, 0.1) is 11.8 Å². The highest BCUT2D eigenvalue weighted by molar-refractivity contribution is 5.99. The number of hydrogen-bond donors (Lipinski definition) is 3. The molecular weight excluding hydrogens is 532 g/mol. The van der Waals surface area contributed by atoms with Gasteiger partial charge in [0.25, 0.3) is 5.91 Å². The Morgan fingerprint density at radius 2 is 1.79 bits per heavy atom. The normalized spacial score (nSPS) is 24.1. The van der Waals surface area contributed by atoms with Gasteiger partial charge in [-0.25, -0.2) is 4.79 Å². The van der Waals surface area contributed by atoms with E-state index in [1.807, 2.05) is 27.7 Å². The summed E-state index contributed by atoms with van der Waals surface area (Å²) in [5.41, 5.74) is 0.883. The van der Waals surface area contributed by atoms with Crippen molar-refractivity contribution in [2.24, 2.45) is 11.8 Å². The minimum Gasteiger partial charge on any atom is -0.490 e. The number of amides is 3. The van der Waals surface area contributed by atoms with E-state index in [4.69, 9.17) is 9.47 Å². The number of carbonyl (C=O) groups is 2. The van der Waals surface area contributed by atoms with Gasteiger partial charge in [-0.15, -0.1) is 0 Å². The fraction of sp³-hybridized carbons (Fsp3) is 0.758. The average molecular weight is 589 g/mol. The lowest BCUT2D eigenvalue weighted by Crippen LogP contribution is -2.47. The number of aliphatic hydroxyl groups excluding tert-OH is 1. The van der Waals surface area contributed by atoms with Crippen LogP contribution < -0.4 is 15.4 Å². The zero-order chi connectivity index (χ0) is 30.6. The number of nitrogens with one attached hydrogen (secondary N) is 2. The van der Waals surface area contributed by atoms with Crippen molar-refractivity contribution in [1.29, 1.82) is 0 Å². The molecule has 9 heteroatoms. The summed E-state index contributed by atoms with van der Waals surface area (Å²) in [4.78, 5) is 30.8. The molecule has 0 bridgehead atoms. The van der Waals surface area contributed by atoms with Crippen LogP contribution in [0.4, 0.5) is 10.5 Å². The van der Waals surface area contributed by atoms with Gasteiger partial charge in [0.2, 0.25) is 0 Å². The molecule has 0 unspecified atom stereocenters. The molecular formula is C33H56N4O5. The first-order valence-corrected chi connectivity index (χ1v) is 16.2. The Bertz CT molecular complexity index is 983. The number of aliphatic hydroxyl groups is 1. The number of hydrogen-bond acceptors (Lipinski definition) is 6. The smallest absolute Gasteiger partial charge is 0.319 e. The summed E-state index contributed by atoms with van der Waals surface area (Å²) in [5.74, 6) is 1.04. The topological polar surface area (TPSA) is 103 Å². The molecule has 0 spiro atoms. The SMILES string of the molecule is CC(C)NC(=O)Nc1ccc2c(c1)C(=O)N([C@H](C)CO)C[C@@H](C)[C@H](CN(C)CC1CCCCC1)OCCCC[C@H](C)O2. The molecule has 42 heavy (non-hydrogen) atoms. The van der Waals surface area contributed by atoms with Crippen LogP contribution in [0.15, 0.2) is 18.2 Å². The number of ether oxygens (including phenoxy) is 2. The molecule has 4 atom stereocenters. The van der Waals surface area contributed by atoms with Gasteiger partial charge in [-0.1, -0.05) is 26.2 Å². The molecule has 1 fully saturated rings. The third-order valence-corrected chi connectivity index (χ3v) is 8.52. The number of anilines is 1. The summed E-state index contributed by atoms with van der Waals surface area (Å²) in [6, 6.07) is 4.45. The molecule has 1 heterocycles. The van der Waals surface area contributed by atoms with E-state index in [9.17, 15) is 14.7 Å². The maximum absolute atomic E-state index is 14.2. The van der Waals surface area contributed by atoms with Crippen LogP contribution in [0.25, 0.3) is 0 Å². The number of rotatable bonds is 8. The number of benzene rings is 1. The zero-order valence-corrected chi connectivity index (χ0v) is 26.9. The van der Waals surface area contributed by atoms with Crippen molar-refractivity contribution < 1.29 is 24.2 Å². The fourth-order valence-corrected chi connectivity index (χ4v) is 6.08. The van der Waals surface area contributed by atoms with Crippen LogP contribution in [0.3, 0.4) is 0 Å². The van der Waals surface area contributed by atoms with Crippen LogP contribution in [-0.2, 0) is 4.74 Å². The second-order valence-electron chi connectivity index (χ2n) is 13.0. The van der Waals surface area contributed by atoms with Gasteiger partial charge in [0.1, 0.15) is 5.75 Å². The number of urea groups is 1. The molecule has 2 aliphatic rings. The first kappa shape index (κ1) is 34.1. The summed E-state index contributed by atoms with van der Waals surface area (Å²) in [6.45, 7) is 12.6. The number of likely N-dealkylation sites (N-methyl/N-ethyl adjacent to an activating group) is 1. The summed E-state index contributed by atoms with van der Waals surface area (Å²) < 4.78 is 12.8. The lowest BCUT2D eigenvalue weighted by molar-refractivity contribution is -0.0190. The molecule has 238 valence electrons. The monoisotopic (exact) mass is 588 g/mol. The molecule has 0 saturated heterocycles. The van der Waals surface area contributed by atoms with Crippen molar-refractivity contribution in [2.75, 3.05) is 45.2 Å². The van der Waals surface area contributed by atoms with Gasteiger partial charge < -0.3 is 35.0 Å². The number of carbonyl (C=O) groups excluding carboxylic acids is 2. The van der Waals surface area contributed by atoms with Crippen molar-refractivity contribution in [3.05, 3.63) is 23.8 Å². The van der Waals surface area contributed by atoms with E-state index in [1.54, 1.807) is 23.1 Å². The lowest BCUT2D eigenvalue weighted by Gasteiger charge is -2.36. The number of fused-ring (bicyclic) bond motifs is 1. The van der Waals surface area contributed by atoms with Gasteiger partial charge >= 0.3 is 6.03 Å². The Balaban J connectivity index is 1.87. The van der Waals surface area contributed by atoms with Gasteiger partial charge in [-0.3, -0.25) is 4.79 Å². The highest BCUT2D eigenvalue weighted by Gasteiger charge is 2.31. The molecule has 1 aromatic rings. The Morgan fingerprint density at radius 3 is 2.48 bits per heavy atom. The Kier molecular flexibility index (Phi) is 13.9. The average Bonchev–Trinajstić information content (AvgIpc) is 2.94. The minimum absolute atomic E-state index is 0.0209. The standard InChI is InChI=1S/C33H56N4O5/c1-23(2)34-33(40)35-28-15-16-30-29(18-28)32(39)37(25(4)22-38)19-24(3)31(41-17-11-10-12-26(5)42-30)21-36(6)20-27-13-8-7-9-14-27/h15-16,18,23-27,31,38H,7-14,17,19-22H2,1-6H3,(H2,34,35,40)/t24-,25-,26+,31+/m1/s1. The molecule has 0 aromatic heterocycles. The van der Waals surface area contributed by atoms with Gasteiger partial charge in [-0.05, 0) is 91.0 Å². The summed E-state index contributed by atoms with van der Waals surface area (Å²) in [7, 11) is 2.19. The van der Waals surface area contributed by atoms with Crippen LogP contribution in [0.2, 0.25) is 0 Å². The molecule has 0 radical (unpaired) electrons. The van der Waals surface area contributed by atoms with Gasteiger partial charge in [0.15, 0.2) is 0 Å². The summed E-state index contributed by atoms with van der Waals surface area (Å²) in [6.07, 6.45) is 9.23. The molecule has 1 aliphatic heterocycles. The molecule has 3 rings (SSSR count). The van der Waals surface area contributed by atoms with Crippen LogP contribution in [0.5, 0.6) is 5.75 Å². The van der Waals surface area contributed by atoms with Crippen molar-refractivity contribution in [3.8, 4) is 5.75 Å². The third kappa shape index (κ3) is 10.7. The third-order valence-electron chi connectivity index (χ3n) is 8.52. The van der Waals surface area contributed by atoms with Crippen LogP contribution in [-0.4, -0.2) is 91.0 Å². The molecule has 1 saturated carbocycles. The maximum Gasteiger partial charge on any atom is 0.319 e. The van der Waals surface area contributed by atoms with Crippen LogP contribution in [0.1, 0.15) is 96.3 Å². The van der Waals surface area contributed by atoms with Crippen molar-refractivity contribution in [2.45, 2.75) is 110 Å². The fourth-order valence-electron chi connectivity index (χ4n) is 6.08. The first-order chi connectivity index (χ1) is 20.1. The zero-order valence-electron chi connectivity index (χ0n) is 26.9. The molecule has 3 N–H and O–H groups in total.